The van der Waals surface area contributed by atoms with E-state index in [0.717, 1.165) is 13.1 Å². The Morgan fingerprint density at radius 2 is 0.441 bits per heavy atom. The number of aromatic nitrogens is 2. The molecule has 11 aromatic rings. The molecule has 0 saturated carbocycles. The van der Waals surface area contributed by atoms with Crippen LogP contribution in [0.3, 0.4) is 0 Å². The normalized spacial score (nSPS) is 11.1. The number of hydrogen-bond donors (Lipinski definition) is 0. The fourth-order valence-corrected chi connectivity index (χ4v) is 9.60. The van der Waals surface area contributed by atoms with E-state index in [9.17, 15) is 0 Å². The van der Waals surface area contributed by atoms with Gasteiger partial charge in [0.15, 0.2) is 37.9 Å². The molecule has 68 heavy (non-hydrogen) atoms. The number of benzene rings is 9. The topological polar surface area (TPSA) is 7.76 Å². The molecule has 0 bridgehead atoms. The summed E-state index contributed by atoms with van der Waals surface area (Å²) in [7, 11) is 0. The Hall–Kier alpha value is -8.72. The first-order valence-corrected chi connectivity index (χ1v) is 23.5. The molecule has 0 aliphatic rings. The Balaban J connectivity index is 0.917. The van der Waals surface area contributed by atoms with Gasteiger partial charge in [0.25, 0.3) is 0 Å². The van der Waals surface area contributed by atoms with Gasteiger partial charge in [-0.2, -0.15) is 0 Å². The number of rotatable bonds is 12. The summed E-state index contributed by atoms with van der Waals surface area (Å²) in [6.45, 7) is 1.52. The van der Waals surface area contributed by atoms with Crippen LogP contribution in [0.4, 0.5) is 0 Å². The lowest BCUT2D eigenvalue weighted by Gasteiger charge is -2.19. The summed E-state index contributed by atoms with van der Waals surface area (Å²) in [6.07, 6.45) is 8.95. The molecule has 0 saturated heterocycles. The van der Waals surface area contributed by atoms with E-state index in [1.54, 1.807) is 0 Å². The fourth-order valence-electron chi connectivity index (χ4n) is 9.60. The Labute approximate surface area is 400 Å². The zero-order chi connectivity index (χ0) is 45.5. The van der Waals surface area contributed by atoms with Crippen LogP contribution in [0.15, 0.2) is 280 Å². The predicted octanol–water partition coefficient (Wildman–Crippen LogP) is 15.7. The van der Waals surface area contributed by atoms with Gasteiger partial charge < -0.3 is 0 Å². The highest BCUT2D eigenvalue weighted by atomic mass is 14.9. The van der Waals surface area contributed by atoms with Crippen LogP contribution in [-0.4, -0.2) is 0 Å². The lowest BCUT2D eigenvalue weighted by atomic mass is 9.85. The molecule has 2 aromatic heterocycles. The molecule has 2 nitrogen and oxygen atoms in total. The zero-order valence-corrected chi connectivity index (χ0v) is 37.9. The highest BCUT2D eigenvalue weighted by molar-refractivity contribution is 5.99. The van der Waals surface area contributed by atoms with Crippen LogP contribution in [0, 0.1) is 0 Å². The van der Waals surface area contributed by atoms with Gasteiger partial charge in [-0.25, -0.2) is 9.13 Å². The SMILES string of the molecule is c1ccc(-c2cc(-c3ccccc3)c(-c3cc[n+](Cc4ccccc4C[n+]4ccc(-c5c(-c6ccccc6)cc(-c6ccccc6)cc5-c5ccccc5)cc4)cc3)c(-c3ccccc3)c2)cc1. The smallest absolute Gasteiger partial charge is 0.174 e. The molecule has 0 radical (unpaired) electrons. The summed E-state index contributed by atoms with van der Waals surface area (Å²) in [6, 6.07) is 92.1. The Kier molecular flexibility index (Phi) is 12.0. The third-order valence-corrected chi connectivity index (χ3v) is 13.0. The molecule has 0 unspecified atom stereocenters. The first-order chi connectivity index (χ1) is 33.7. The monoisotopic (exact) mass is 870 g/mol. The average Bonchev–Trinajstić information content (AvgIpc) is 3.42. The molecule has 0 spiro atoms. The van der Waals surface area contributed by atoms with Crippen molar-refractivity contribution in [3.05, 3.63) is 291 Å². The van der Waals surface area contributed by atoms with E-state index in [1.165, 1.54) is 100 Å². The van der Waals surface area contributed by atoms with Gasteiger partial charge in [0.2, 0.25) is 0 Å². The molecule has 0 amide bonds. The van der Waals surface area contributed by atoms with Crippen molar-refractivity contribution in [3.8, 4) is 89.0 Å². The maximum Gasteiger partial charge on any atom is 0.174 e. The van der Waals surface area contributed by atoms with Crippen molar-refractivity contribution in [1.82, 2.24) is 0 Å². The Bertz CT molecular complexity index is 3070. The van der Waals surface area contributed by atoms with Crippen LogP contribution >= 0.6 is 0 Å². The van der Waals surface area contributed by atoms with Crippen LogP contribution in [0.1, 0.15) is 11.1 Å². The fraction of sp³-hybridized carbons (Fsp3) is 0.0303. The molecule has 0 aliphatic heterocycles. The molecule has 322 valence electrons. The summed E-state index contributed by atoms with van der Waals surface area (Å²) in [5, 5.41) is 0. The molecule has 11 rings (SSSR count). The number of nitrogens with zero attached hydrogens (tertiary/aromatic N) is 2. The van der Waals surface area contributed by atoms with Gasteiger partial charge in [0.05, 0.1) is 0 Å². The second-order valence-electron chi connectivity index (χ2n) is 17.4. The van der Waals surface area contributed by atoms with Crippen molar-refractivity contribution >= 4 is 0 Å². The molecule has 0 aliphatic carbocycles. The first-order valence-electron chi connectivity index (χ1n) is 23.5. The number of pyridine rings is 2. The lowest BCUT2D eigenvalue weighted by Crippen LogP contribution is -2.36. The van der Waals surface area contributed by atoms with Crippen LogP contribution in [0.5, 0.6) is 0 Å². The Morgan fingerprint density at radius 1 is 0.206 bits per heavy atom. The summed E-state index contributed by atoms with van der Waals surface area (Å²) in [5.41, 5.74) is 21.9. The molecular weight excluding hydrogens is 821 g/mol. The van der Waals surface area contributed by atoms with Crippen molar-refractivity contribution in [2.24, 2.45) is 0 Å². The minimum Gasteiger partial charge on any atom is -0.201 e. The van der Waals surface area contributed by atoms with E-state index in [-0.39, 0.29) is 0 Å². The van der Waals surface area contributed by atoms with Gasteiger partial charge in [0.1, 0.15) is 0 Å². The van der Waals surface area contributed by atoms with Gasteiger partial charge in [-0.15, -0.1) is 0 Å². The largest absolute Gasteiger partial charge is 0.201 e. The molecular formula is C66H50N2+2. The zero-order valence-electron chi connectivity index (χ0n) is 37.9. The van der Waals surface area contributed by atoms with Crippen molar-refractivity contribution < 1.29 is 9.13 Å². The molecule has 0 atom stereocenters. The van der Waals surface area contributed by atoms with E-state index >= 15 is 0 Å². The van der Waals surface area contributed by atoms with Crippen molar-refractivity contribution in [1.29, 1.82) is 0 Å². The van der Waals surface area contributed by atoms with Crippen LogP contribution in [0.2, 0.25) is 0 Å². The highest BCUT2D eigenvalue weighted by Gasteiger charge is 2.21. The Morgan fingerprint density at radius 3 is 0.706 bits per heavy atom. The average molecular weight is 871 g/mol. The van der Waals surface area contributed by atoms with E-state index in [0.29, 0.717) is 0 Å². The van der Waals surface area contributed by atoms with E-state index in [4.69, 9.17) is 0 Å². The van der Waals surface area contributed by atoms with Gasteiger partial charge in [-0.1, -0.05) is 206 Å². The van der Waals surface area contributed by atoms with E-state index in [2.05, 4.69) is 289 Å². The minimum atomic E-state index is 0.758. The van der Waals surface area contributed by atoms with E-state index in [1.807, 2.05) is 0 Å². The van der Waals surface area contributed by atoms with Gasteiger partial charge >= 0.3 is 0 Å². The number of hydrogen-bond acceptors (Lipinski definition) is 0. The van der Waals surface area contributed by atoms with Crippen molar-refractivity contribution in [2.75, 3.05) is 0 Å². The minimum absolute atomic E-state index is 0.758. The molecule has 0 fully saturated rings. The molecule has 0 N–H and O–H groups in total. The van der Waals surface area contributed by atoms with Crippen molar-refractivity contribution in [3.63, 3.8) is 0 Å². The maximum atomic E-state index is 2.36. The quantitative estimate of drug-likeness (QED) is 0.108. The summed E-state index contributed by atoms with van der Waals surface area (Å²) in [4.78, 5) is 0. The van der Waals surface area contributed by atoms with Crippen molar-refractivity contribution in [2.45, 2.75) is 13.1 Å². The summed E-state index contributed by atoms with van der Waals surface area (Å²) in [5.74, 6) is 0. The molecule has 2 heteroatoms. The molecule has 9 aromatic carbocycles. The summed E-state index contributed by atoms with van der Waals surface area (Å²) >= 11 is 0. The van der Waals surface area contributed by atoms with Crippen LogP contribution in [-0.2, 0) is 13.1 Å². The maximum absolute atomic E-state index is 2.36. The first kappa shape index (κ1) is 41.9. The van der Waals surface area contributed by atoms with Crippen LogP contribution in [0.25, 0.3) is 89.0 Å². The highest BCUT2D eigenvalue weighted by Crippen LogP contribution is 2.45. The van der Waals surface area contributed by atoms with E-state index < -0.39 is 0 Å². The van der Waals surface area contributed by atoms with Crippen LogP contribution < -0.4 is 9.13 Å². The second kappa shape index (κ2) is 19.4. The third kappa shape index (κ3) is 8.96. The second-order valence-corrected chi connectivity index (χ2v) is 17.4. The summed E-state index contributed by atoms with van der Waals surface area (Å²) < 4.78 is 4.60. The van der Waals surface area contributed by atoms with Gasteiger partial charge in [0, 0.05) is 35.4 Å². The predicted molar refractivity (Wildman–Crippen MR) is 281 cm³/mol. The molecule has 2 heterocycles. The third-order valence-electron chi connectivity index (χ3n) is 13.0. The van der Waals surface area contributed by atoms with Gasteiger partial charge in [-0.05, 0) is 113 Å². The lowest BCUT2D eigenvalue weighted by molar-refractivity contribution is -0.693. The standard InChI is InChI=1S/C66H50N2/c1-7-21-49(22-8-1)59-43-61(51-25-11-3-12-26-51)65(62(44-59)52-27-13-4-14-28-52)55-35-39-67(40-36-55)47-57-33-19-20-34-58(57)48-68-41-37-56(38-42-68)66-63(53-29-15-5-16-30-53)45-60(50-23-9-2-10-24-50)46-64(66)54-31-17-6-18-32-54/h1-46H,47-48H2/q+2. The van der Waals surface area contributed by atoms with Gasteiger partial charge in [-0.3, -0.25) is 0 Å².